The van der Waals surface area contributed by atoms with Crippen LogP contribution >= 0.6 is 0 Å². The molecule has 0 bridgehead atoms. The zero-order valence-electron chi connectivity index (χ0n) is 9.18. The standard InChI is InChI=1S/C13H14N2O/c1-10-11(9-14)5-4-6-12(10)16-13-7-2-3-8-15-13/h2-8H,9,14H2,1H3. The average Bonchev–Trinajstić information content (AvgIpc) is 2.33. The highest BCUT2D eigenvalue weighted by atomic mass is 16.5. The number of benzene rings is 1. The normalized spacial score (nSPS) is 10.1. The largest absolute Gasteiger partial charge is 0.439 e. The summed E-state index contributed by atoms with van der Waals surface area (Å²) >= 11 is 0. The maximum Gasteiger partial charge on any atom is 0.219 e. The second-order valence-electron chi connectivity index (χ2n) is 3.51. The molecule has 3 nitrogen and oxygen atoms in total. The molecule has 82 valence electrons. The van der Waals surface area contributed by atoms with Crippen LogP contribution in [0, 0.1) is 6.92 Å². The number of hydrogen-bond acceptors (Lipinski definition) is 3. The van der Waals surface area contributed by atoms with Gasteiger partial charge in [0.25, 0.3) is 0 Å². The number of pyridine rings is 1. The molecule has 2 N–H and O–H groups in total. The van der Waals surface area contributed by atoms with E-state index in [2.05, 4.69) is 4.98 Å². The van der Waals surface area contributed by atoms with E-state index in [9.17, 15) is 0 Å². The number of aromatic nitrogens is 1. The van der Waals surface area contributed by atoms with Crippen LogP contribution in [0.1, 0.15) is 11.1 Å². The molecule has 1 heterocycles. The highest BCUT2D eigenvalue weighted by molar-refractivity contribution is 5.40. The lowest BCUT2D eigenvalue weighted by molar-refractivity contribution is 0.458. The van der Waals surface area contributed by atoms with Crippen LogP contribution in [0.2, 0.25) is 0 Å². The van der Waals surface area contributed by atoms with Crippen LogP contribution in [0.5, 0.6) is 11.6 Å². The Kier molecular flexibility index (Phi) is 3.17. The van der Waals surface area contributed by atoms with Gasteiger partial charge in [0.2, 0.25) is 5.88 Å². The maximum atomic E-state index is 5.68. The Bertz CT molecular complexity index is 469. The van der Waals surface area contributed by atoms with Gasteiger partial charge in [-0.05, 0) is 30.2 Å². The van der Waals surface area contributed by atoms with Gasteiger partial charge in [0.1, 0.15) is 5.75 Å². The fraction of sp³-hybridized carbons (Fsp3) is 0.154. The molecule has 0 atom stereocenters. The van der Waals surface area contributed by atoms with Gasteiger partial charge in [-0.25, -0.2) is 4.98 Å². The van der Waals surface area contributed by atoms with E-state index in [-0.39, 0.29) is 0 Å². The van der Waals surface area contributed by atoms with Gasteiger partial charge < -0.3 is 10.5 Å². The molecule has 0 saturated carbocycles. The zero-order chi connectivity index (χ0) is 11.4. The van der Waals surface area contributed by atoms with Crippen molar-refractivity contribution in [2.45, 2.75) is 13.5 Å². The van der Waals surface area contributed by atoms with E-state index < -0.39 is 0 Å². The summed E-state index contributed by atoms with van der Waals surface area (Å²) in [6, 6.07) is 11.4. The monoisotopic (exact) mass is 214 g/mol. The average molecular weight is 214 g/mol. The van der Waals surface area contributed by atoms with Crippen molar-refractivity contribution in [1.82, 2.24) is 4.98 Å². The number of ether oxygens (including phenoxy) is 1. The van der Waals surface area contributed by atoms with Crippen molar-refractivity contribution in [1.29, 1.82) is 0 Å². The predicted molar refractivity (Wildman–Crippen MR) is 63.4 cm³/mol. The lowest BCUT2D eigenvalue weighted by Gasteiger charge is -2.10. The molecule has 0 unspecified atom stereocenters. The van der Waals surface area contributed by atoms with Crippen molar-refractivity contribution in [2.24, 2.45) is 5.73 Å². The Balaban J connectivity index is 2.28. The summed E-state index contributed by atoms with van der Waals surface area (Å²) in [5.41, 5.74) is 7.80. The van der Waals surface area contributed by atoms with Crippen LogP contribution in [-0.4, -0.2) is 4.98 Å². The third-order valence-electron chi connectivity index (χ3n) is 2.47. The summed E-state index contributed by atoms with van der Waals surface area (Å²) in [6.45, 7) is 2.52. The number of hydrogen-bond donors (Lipinski definition) is 1. The molecular formula is C13H14N2O. The quantitative estimate of drug-likeness (QED) is 0.854. The van der Waals surface area contributed by atoms with Crippen LogP contribution in [0.15, 0.2) is 42.6 Å². The van der Waals surface area contributed by atoms with Crippen molar-refractivity contribution in [3.05, 3.63) is 53.7 Å². The topological polar surface area (TPSA) is 48.1 Å². The first-order valence-corrected chi connectivity index (χ1v) is 5.18. The molecule has 0 spiro atoms. The summed E-state index contributed by atoms with van der Waals surface area (Å²) in [5.74, 6) is 1.40. The van der Waals surface area contributed by atoms with Crippen LogP contribution in [0.25, 0.3) is 0 Å². The molecular weight excluding hydrogens is 200 g/mol. The molecule has 0 aliphatic rings. The van der Waals surface area contributed by atoms with E-state index in [0.29, 0.717) is 12.4 Å². The lowest BCUT2D eigenvalue weighted by atomic mass is 10.1. The Labute approximate surface area is 94.9 Å². The second kappa shape index (κ2) is 4.77. The SMILES string of the molecule is Cc1c(CN)cccc1Oc1ccccn1. The minimum absolute atomic E-state index is 0.519. The van der Waals surface area contributed by atoms with Crippen LogP contribution in [-0.2, 0) is 6.54 Å². The predicted octanol–water partition coefficient (Wildman–Crippen LogP) is 2.64. The summed E-state index contributed by atoms with van der Waals surface area (Å²) in [5, 5.41) is 0. The summed E-state index contributed by atoms with van der Waals surface area (Å²) in [4.78, 5) is 4.12. The van der Waals surface area contributed by atoms with Gasteiger partial charge in [-0.2, -0.15) is 0 Å². The molecule has 3 heteroatoms. The van der Waals surface area contributed by atoms with E-state index in [1.807, 2.05) is 43.3 Å². The molecule has 0 radical (unpaired) electrons. The van der Waals surface area contributed by atoms with E-state index >= 15 is 0 Å². The summed E-state index contributed by atoms with van der Waals surface area (Å²) in [7, 11) is 0. The maximum absolute atomic E-state index is 5.68. The van der Waals surface area contributed by atoms with Crippen LogP contribution in [0.4, 0.5) is 0 Å². The van der Waals surface area contributed by atoms with Gasteiger partial charge in [0.05, 0.1) is 0 Å². The first kappa shape index (κ1) is 10.6. The third kappa shape index (κ3) is 2.20. The van der Waals surface area contributed by atoms with E-state index in [4.69, 9.17) is 10.5 Å². The minimum Gasteiger partial charge on any atom is -0.439 e. The van der Waals surface area contributed by atoms with Gasteiger partial charge >= 0.3 is 0 Å². The minimum atomic E-state index is 0.519. The molecule has 2 aromatic rings. The Morgan fingerprint density at radius 2 is 2.06 bits per heavy atom. The summed E-state index contributed by atoms with van der Waals surface area (Å²) in [6.07, 6.45) is 1.71. The molecule has 16 heavy (non-hydrogen) atoms. The summed E-state index contributed by atoms with van der Waals surface area (Å²) < 4.78 is 5.68. The second-order valence-corrected chi connectivity index (χ2v) is 3.51. The van der Waals surface area contributed by atoms with E-state index in [0.717, 1.165) is 16.9 Å². The van der Waals surface area contributed by atoms with Crippen molar-refractivity contribution in [2.75, 3.05) is 0 Å². The number of nitrogens with two attached hydrogens (primary N) is 1. The van der Waals surface area contributed by atoms with Gasteiger partial charge in [-0.1, -0.05) is 18.2 Å². The highest BCUT2D eigenvalue weighted by Crippen LogP contribution is 2.25. The molecule has 1 aromatic carbocycles. The lowest BCUT2D eigenvalue weighted by Crippen LogP contribution is -2.00. The van der Waals surface area contributed by atoms with E-state index in [1.54, 1.807) is 6.20 Å². The van der Waals surface area contributed by atoms with Crippen molar-refractivity contribution in [3.8, 4) is 11.6 Å². The fourth-order valence-corrected chi connectivity index (χ4v) is 1.51. The molecule has 0 aliphatic heterocycles. The Hall–Kier alpha value is -1.87. The third-order valence-corrected chi connectivity index (χ3v) is 2.47. The molecule has 0 aliphatic carbocycles. The van der Waals surface area contributed by atoms with E-state index in [1.165, 1.54) is 0 Å². The van der Waals surface area contributed by atoms with Crippen molar-refractivity contribution in [3.63, 3.8) is 0 Å². The molecule has 0 saturated heterocycles. The molecule has 0 amide bonds. The zero-order valence-corrected chi connectivity index (χ0v) is 9.18. The van der Waals surface area contributed by atoms with Gasteiger partial charge in [0, 0.05) is 18.8 Å². The van der Waals surface area contributed by atoms with Crippen LogP contribution in [0.3, 0.4) is 0 Å². The van der Waals surface area contributed by atoms with Crippen molar-refractivity contribution >= 4 is 0 Å². The Morgan fingerprint density at radius 3 is 2.75 bits per heavy atom. The first-order chi connectivity index (χ1) is 7.81. The highest BCUT2D eigenvalue weighted by Gasteiger charge is 2.04. The number of rotatable bonds is 3. The molecule has 1 aromatic heterocycles. The first-order valence-electron chi connectivity index (χ1n) is 5.18. The molecule has 2 rings (SSSR count). The Morgan fingerprint density at radius 1 is 1.19 bits per heavy atom. The van der Waals surface area contributed by atoms with Gasteiger partial charge in [-0.15, -0.1) is 0 Å². The van der Waals surface area contributed by atoms with Crippen molar-refractivity contribution < 1.29 is 4.74 Å². The van der Waals surface area contributed by atoms with Crippen LogP contribution < -0.4 is 10.5 Å². The fourth-order valence-electron chi connectivity index (χ4n) is 1.51. The van der Waals surface area contributed by atoms with Gasteiger partial charge in [-0.3, -0.25) is 0 Å². The smallest absolute Gasteiger partial charge is 0.219 e. The molecule has 0 fully saturated rings. The number of nitrogens with zero attached hydrogens (tertiary/aromatic N) is 1. The van der Waals surface area contributed by atoms with Gasteiger partial charge in [0.15, 0.2) is 0 Å².